The molecular weight excluding hydrogens is 246 g/mol. The van der Waals surface area contributed by atoms with E-state index in [0.717, 1.165) is 5.69 Å². The molecule has 0 radical (unpaired) electrons. The predicted molar refractivity (Wildman–Crippen MR) is 67.9 cm³/mol. The Hall–Kier alpha value is -1.98. The second kappa shape index (κ2) is 4.95. The van der Waals surface area contributed by atoms with E-state index in [0.29, 0.717) is 30.8 Å². The maximum Gasteiger partial charge on any atom is 0.326 e. The van der Waals surface area contributed by atoms with Gasteiger partial charge in [-0.3, -0.25) is 9.78 Å². The van der Waals surface area contributed by atoms with Crippen molar-refractivity contribution in [1.29, 1.82) is 0 Å². The molecule has 1 aromatic rings. The first-order valence-electron chi connectivity index (χ1n) is 6.27. The van der Waals surface area contributed by atoms with Gasteiger partial charge in [0.1, 0.15) is 11.7 Å². The fourth-order valence-corrected chi connectivity index (χ4v) is 2.32. The molecule has 1 atom stereocenters. The number of rotatable bonds is 2. The van der Waals surface area contributed by atoms with E-state index in [1.807, 2.05) is 6.92 Å². The Morgan fingerprint density at radius 1 is 1.16 bits per heavy atom. The average molecular weight is 263 g/mol. The van der Waals surface area contributed by atoms with Crippen molar-refractivity contribution in [2.75, 3.05) is 6.54 Å². The number of nitrogens with zero attached hydrogens (tertiary/aromatic N) is 3. The number of aryl methyl sites for hydroxylation is 3. The molecule has 1 aromatic heterocycles. The van der Waals surface area contributed by atoms with Gasteiger partial charge in [-0.05, 0) is 33.6 Å². The first-order valence-corrected chi connectivity index (χ1v) is 6.27. The first kappa shape index (κ1) is 13.5. The van der Waals surface area contributed by atoms with Gasteiger partial charge in [0.05, 0.1) is 17.1 Å². The number of hydrogen-bond donors (Lipinski definition) is 1. The quantitative estimate of drug-likeness (QED) is 0.863. The lowest BCUT2D eigenvalue weighted by Gasteiger charge is -2.21. The summed E-state index contributed by atoms with van der Waals surface area (Å²) in [5.41, 5.74) is 2.28. The number of likely N-dealkylation sites (tertiary alicyclic amines) is 1. The summed E-state index contributed by atoms with van der Waals surface area (Å²) in [5, 5.41) is 9.12. The minimum atomic E-state index is -0.958. The van der Waals surface area contributed by atoms with Crippen LogP contribution in [0.2, 0.25) is 0 Å². The third-order valence-corrected chi connectivity index (χ3v) is 3.48. The molecule has 0 aliphatic carbocycles. The molecule has 0 bridgehead atoms. The van der Waals surface area contributed by atoms with Crippen molar-refractivity contribution in [1.82, 2.24) is 14.9 Å². The molecule has 102 valence electrons. The summed E-state index contributed by atoms with van der Waals surface area (Å²) < 4.78 is 0. The van der Waals surface area contributed by atoms with E-state index >= 15 is 0 Å². The minimum Gasteiger partial charge on any atom is -0.480 e. The van der Waals surface area contributed by atoms with Crippen LogP contribution in [0.25, 0.3) is 0 Å². The van der Waals surface area contributed by atoms with E-state index in [1.165, 1.54) is 4.90 Å². The lowest BCUT2D eigenvalue weighted by atomic mass is 10.2. The smallest absolute Gasteiger partial charge is 0.326 e. The molecule has 1 aliphatic rings. The van der Waals surface area contributed by atoms with Crippen LogP contribution in [0, 0.1) is 20.8 Å². The molecule has 0 spiro atoms. The Bertz CT molecular complexity index is 542. The summed E-state index contributed by atoms with van der Waals surface area (Å²) >= 11 is 0. The highest BCUT2D eigenvalue weighted by Crippen LogP contribution is 2.21. The molecule has 2 heterocycles. The standard InChI is InChI=1S/C13H17N3O3/c1-7-8(2)15-11(9(3)14-7)12(17)16-6-4-5-10(16)13(18)19/h10H,4-6H2,1-3H3,(H,18,19)/t10-/m1/s1. The van der Waals surface area contributed by atoms with E-state index < -0.39 is 12.0 Å². The third kappa shape index (κ3) is 2.43. The molecule has 6 heteroatoms. The second-order valence-electron chi connectivity index (χ2n) is 4.82. The Labute approximate surface area is 111 Å². The molecular formula is C13H17N3O3. The molecule has 6 nitrogen and oxygen atoms in total. The lowest BCUT2D eigenvalue weighted by molar-refractivity contribution is -0.141. The fourth-order valence-electron chi connectivity index (χ4n) is 2.32. The van der Waals surface area contributed by atoms with Crippen LogP contribution in [0.5, 0.6) is 0 Å². The van der Waals surface area contributed by atoms with Crippen LogP contribution in [0.15, 0.2) is 0 Å². The van der Waals surface area contributed by atoms with Gasteiger partial charge in [-0.1, -0.05) is 0 Å². The summed E-state index contributed by atoms with van der Waals surface area (Å²) in [5.74, 6) is -1.29. The van der Waals surface area contributed by atoms with Crippen LogP contribution >= 0.6 is 0 Å². The van der Waals surface area contributed by atoms with Crippen LogP contribution in [0.4, 0.5) is 0 Å². The number of carbonyl (C=O) groups excluding carboxylic acids is 1. The van der Waals surface area contributed by atoms with E-state index in [1.54, 1.807) is 13.8 Å². The Kier molecular flexibility index (Phi) is 3.50. The molecule has 2 rings (SSSR count). The zero-order valence-corrected chi connectivity index (χ0v) is 11.3. The van der Waals surface area contributed by atoms with Gasteiger partial charge in [-0.2, -0.15) is 0 Å². The SMILES string of the molecule is Cc1nc(C)c(C(=O)N2CCC[C@@H]2C(=O)O)nc1C. The van der Waals surface area contributed by atoms with E-state index in [2.05, 4.69) is 9.97 Å². The maximum absolute atomic E-state index is 12.4. The minimum absolute atomic E-state index is 0.260. The molecule has 1 fully saturated rings. The molecule has 1 saturated heterocycles. The summed E-state index contributed by atoms with van der Waals surface area (Å²) in [6.45, 7) is 5.80. The van der Waals surface area contributed by atoms with Gasteiger partial charge >= 0.3 is 5.97 Å². The van der Waals surface area contributed by atoms with Crippen molar-refractivity contribution in [3.05, 3.63) is 22.8 Å². The summed E-state index contributed by atoms with van der Waals surface area (Å²) in [6, 6.07) is -0.740. The maximum atomic E-state index is 12.4. The van der Waals surface area contributed by atoms with Gasteiger partial charge in [0, 0.05) is 6.54 Å². The summed E-state index contributed by atoms with van der Waals surface area (Å²) in [6.07, 6.45) is 1.21. The Balaban J connectivity index is 2.34. The number of carboxylic acids is 1. The highest BCUT2D eigenvalue weighted by molar-refractivity contribution is 5.96. The summed E-state index contributed by atoms with van der Waals surface area (Å²) in [4.78, 5) is 33.5. The van der Waals surface area contributed by atoms with Crippen LogP contribution < -0.4 is 0 Å². The number of carbonyl (C=O) groups is 2. The van der Waals surface area contributed by atoms with Gasteiger partial charge in [-0.15, -0.1) is 0 Å². The zero-order chi connectivity index (χ0) is 14.2. The van der Waals surface area contributed by atoms with Crippen LogP contribution in [0.3, 0.4) is 0 Å². The molecule has 0 aromatic carbocycles. The lowest BCUT2D eigenvalue weighted by Crippen LogP contribution is -2.41. The monoisotopic (exact) mass is 263 g/mol. The summed E-state index contributed by atoms with van der Waals surface area (Å²) in [7, 11) is 0. The topological polar surface area (TPSA) is 83.4 Å². The second-order valence-corrected chi connectivity index (χ2v) is 4.82. The fraction of sp³-hybridized carbons (Fsp3) is 0.538. The van der Waals surface area contributed by atoms with Crippen molar-refractivity contribution in [2.45, 2.75) is 39.7 Å². The van der Waals surface area contributed by atoms with Gasteiger partial charge in [-0.25, -0.2) is 9.78 Å². The Morgan fingerprint density at radius 2 is 1.79 bits per heavy atom. The molecule has 19 heavy (non-hydrogen) atoms. The van der Waals surface area contributed by atoms with E-state index in [4.69, 9.17) is 5.11 Å². The van der Waals surface area contributed by atoms with Crippen molar-refractivity contribution in [3.63, 3.8) is 0 Å². The van der Waals surface area contributed by atoms with E-state index in [9.17, 15) is 9.59 Å². The molecule has 1 amide bonds. The zero-order valence-electron chi connectivity index (χ0n) is 11.3. The molecule has 1 N–H and O–H groups in total. The van der Waals surface area contributed by atoms with Crippen LogP contribution in [-0.2, 0) is 4.79 Å². The first-order chi connectivity index (χ1) is 8.91. The van der Waals surface area contributed by atoms with Gasteiger partial charge in [0.2, 0.25) is 0 Å². The normalized spacial score (nSPS) is 18.7. The highest BCUT2D eigenvalue weighted by Gasteiger charge is 2.35. The predicted octanol–water partition coefficient (Wildman–Crippen LogP) is 1.09. The average Bonchev–Trinajstić information content (AvgIpc) is 2.82. The number of carboxylic acid groups (broad SMARTS) is 1. The van der Waals surface area contributed by atoms with Crippen molar-refractivity contribution < 1.29 is 14.7 Å². The molecule has 1 aliphatic heterocycles. The van der Waals surface area contributed by atoms with Gasteiger partial charge in [0.15, 0.2) is 0 Å². The third-order valence-electron chi connectivity index (χ3n) is 3.48. The highest BCUT2D eigenvalue weighted by atomic mass is 16.4. The number of aromatic nitrogens is 2. The van der Waals surface area contributed by atoms with Crippen molar-refractivity contribution in [2.24, 2.45) is 0 Å². The largest absolute Gasteiger partial charge is 0.480 e. The van der Waals surface area contributed by atoms with E-state index in [-0.39, 0.29) is 11.6 Å². The van der Waals surface area contributed by atoms with Gasteiger partial charge in [0.25, 0.3) is 5.91 Å². The van der Waals surface area contributed by atoms with Gasteiger partial charge < -0.3 is 10.0 Å². The number of amides is 1. The van der Waals surface area contributed by atoms with Crippen molar-refractivity contribution >= 4 is 11.9 Å². The van der Waals surface area contributed by atoms with Crippen LogP contribution in [0.1, 0.15) is 40.4 Å². The van der Waals surface area contributed by atoms with Crippen LogP contribution in [-0.4, -0.2) is 44.4 Å². The molecule has 0 saturated carbocycles. The number of aliphatic carboxylic acids is 1. The molecule has 0 unspecified atom stereocenters. The number of hydrogen-bond acceptors (Lipinski definition) is 4. The Morgan fingerprint density at radius 3 is 2.42 bits per heavy atom. The van der Waals surface area contributed by atoms with Crippen molar-refractivity contribution in [3.8, 4) is 0 Å².